The van der Waals surface area contributed by atoms with Gasteiger partial charge in [0.25, 0.3) is 0 Å². The number of carbonyl (C=O) groups excluding carboxylic acids is 2. The molecule has 3 nitrogen and oxygen atoms in total. The Bertz CT molecular complexity index is 368. The van der Waals surface area contributed by atoms with E-state index in [2.05, 4.69) is 0 Å². The maximum atomic E-state index is 11.7. The molecule has 1 atom stereocenters. The molecule has 0 radical (unpaired) electrons. The Balaban J connectivity index is 2.65. The van der Waals surface area contributed by atoms with E-state index in [9.17, 15) is 9.59 Å². The third kappa shape index (κ3) is 2.97. The summed E-state index contributed by atoms with van der Waals surface area (Å²) >= 11 is 1.38. The van der Waals surface area contributed by atoms with Gasteiger partial charge < -0.3 is 4.74 Å². The molecule has 0 amide bonds. The summed E-state index contributed by atoms with van der Waals surface area (Å²) in [6.45, 7) is 3.52. The lowest BCUT2D eigenvalue weighted by atomic mass is 10.1. The van der Waals surface area contributed by atoms with Crippen molar-refractivity contribution in [3.63, 3.8) is 0 Å². The van der Waals surface area contributed by atoms with E-state index < -0.39 is 6.10 Å². The van der Waals surface area contributed by atoms with Crippen molar-refractivity contribution in [2.75, 3.05) is 7.11 Å². The summed E-state index contributed by atoms with van der Waals surface area (Å²) in [7, 11) is 1.46. The maximum Gasteiger partial charge on any atom is 0.180 e. The van der Waals surface area contributed by atoms with Gasteiger partial charge >= 0.3 is 0 Å². The molecule has 1 rings (SSSR count). The van der Waals surface area contributed by atoms with E-state index in [1.54, 1.807) is 6.92 Å². The highest BCUT2D eigenvalue weighted by Gasteiger charge is 2.19. The summed E-state index contributed by atoms with van der Waals surface area (Å²) in [5.74, 6) is -0.285. The second kappa shape index (κ2) is 5.19. The lowest BCUT2D eigenvalue weighted by molar-refractivity contribution is -0.126. The van der Waals surface area contributed by atoms with E-state index in [0.29, 0.717) is 4.88 Å². The normalized spacial score (nSPS) is 12.5. The highest BCUT2D eigenvalue weighted by Crippen LogP contribution is 2.18. The van der Waals surface area contributed by atoms with Crippen molar-refractivity contribution in [3.8, 4) is 0 Å². The quantitative estimate of drug-likeness (QED) is 0.571. The number of carbonyl (C=O) groups is 2. The molecule has 4 heteroatoms. The molecule has 1 aromatic rings. The summed E-state index contributed by atoms with van der Waals surface area (Å²) in [6.07, 6.45) is -0.578. The van der Waals surface area contributed by atoms with Crippen LogP contribution in [0.4, 0.5) is 0 Å². The minimum atomic E-state index is -0.505. The van der Waals surface area contributed by atoms with Crippen LogP contribution in [0, 0.1) is 6.92 Å². The number of hydrogen-bond acceptors (Lipinski definition) is 4. The molecule has 1 unspecified atom stereocenters. The first-order valence-electron chi connectivity index (χ1n) is 4.69. The van der Waals surface area contributed by atoms with Gasteiger partial charge in [0.15, 0.2) is 11.6 Å². The summed E-state index contributed by atoms with van der Waals surface area (Å²) < 4.78 is 4.86. The average molecular weight is 226 g/mol. The van der Waals surface area contributed by atoms with Crippen LogP contribution in [0.1, 0.15) is 28.6 Å². The first kappa shape index (κ1) is 12.1. The molecule has 1 aromatic heterocycles. The summed E-state index contributed by atoms with van der Waals surface area (Å²) in [5.41, 5.74) is 0.933. The molecular formula is C11H14O3S. The lowest BCUT2D eigenvalue weighted by Gasteiger charge is -2.06. The molecule has 0 saturated carbocycles. The fourth-order valence-electron chi connectivity index (χ4n) is 1.17. The van der Waals surface area contributed by atoms with Crippen LogP contribution in [0.15, 0.2) is 11.4 Å². The van der Waals surface area contributed by atoms with Crippen LogP contribution in [0.2, 0.25) is 0 Å². The third-order valence-corrected chi connectivity index (χ3v) is 3.31. The van der Waals surface area contributed by atoms with E-state index in [-0.39, 0.29) is 18.0 Å². The Labute approximate surface area is 93.1 Å². The van der Waals surface area contributed by atoms with Gasteiger partial charge in [0.05, 0.1) is 11.3 Å². The van der Waals surface area contributed by atoms with Crippen LogP contribution in [0.25, 0.3) is 0 Å². The van der Waals surface area contributed by atoms with Gasteiger partial charge in [0.2, 0.25) is 0 Å². The molecule has 0 spiro atoms. The zero-order valence-electron chi connectivity index (χ0n) is 9.07. The van der Waals surface area contributed by atoms with Crippen molar-refractivity contribution in [1.29, 1.82) is 0 Å². The van der Waals surface area contributed by atoms with Crippen molar-refractivity contribution in [2.24, 2.45) is 0 Å². The molecule has 0 aliphatic rings. The molecule has 82 valence electrons. The van der Waals surface area contributed by atoms with E-state index >= 15 is 0 Å². The average Bonchev–Trinajstić information content (AvgIpc) is 2.63. The smallest absolute Gasteiger partial charge is 0.180 e. The third-order valence-electron chi connectivity index (χ3n) is 2.26. The predicted molar refractivity (Wildman–Crippen MR) is 59.5 cm³/mol. The topological polar surface area (TPSA) is 43.4 Å². The van der Waals surface area contributed by atoms with E-state index in [0.717, 1.165) is 5.56 Å². The maximum absolute atomic E-state index is 11.7. The van der Waals surface area contributed by atoms with Crippen LogP contribution in [0.5, 0.6) is 0 Å². The zero-order valence-corrected chi connectivity index (χ0v) is 9.89. The first-order valence-corrected chi connectivity index (χ1v) is 5.57. The second-order valence-corrected chi connectivity index (χ2v) is 4.29. The van der Waals surface area contributed by atoms with E-state index in [1.807, 2.05) is 18.4 Å². The number of hydrogen-bond donors (Lipinski definition) is 0. The second-order valence-electron chi connectivity index (χ2n) is 3.38. The van der Waals surface area contributed by atoms with Crippen molar-refractivity contribution in [1.82, 2.24) is 0 Å². The molecule has 0 saturated heterocycles. The lowest BCUT2D eigenvalue weighted by Crippen LogP contribution is -2.21. The van der Waals surface area contributed by atoms with Gasteiger partial charge in [-0.15, -0.1) is 11.3 Å². The Morgan fingerprint density at radius 2 is 2.20 bits per heavy atom. The van der Waals surface area contributed by atoms with Crippen molar-refractivity contribution >= 4 is 22.9 Å². The molecule has 0 fully saturated rings. The number of aryl methyl sites for hydroxylation is 1. The molecule has 15 heavy (non-hydrogen) atoms. The SMILES string of the molecule is COC(C)C(=O)CC(=O)c1sccc1C. The van der Waals surface area contributed by atoms with E-state index in [1.165, 1.54) is 18.4 Å². The van der Waals surface area contributed by atoms with Gasteiger partial charge in [-0.05, 0) is 30.9 Å². The Hall–Kier alpha value is -1.00. The molecule has 0 aliphatic carbocycles. The summed E-state index contributed by atoms with van der Waals surface area (Å²) in [4.78, 5) is 23.8. The number of Topliss-reactive ketones (excluding diaryl/α,β-unsaturated/α-hetero) is 2. The fourth-order valence-corrected chi connectivity index (χ4v) is 2.04. The number of thiophene rings is 1. The monoisotopic (exact) mass is 226 g/mol. The van der Waals surface area contributed by atoms with Gasteiger partial charge in [-0.2, -0.15) is 0 Å². The van der Waals surface area contributed by atoms with Gasteiger partial charge in [-0.3, -0.25) is 9.59 Å². The number of methoxy groups -OCH3 is 1. The van der Waals surface area contributed by atoms with E-state index in [4.69, 9.17) is 4.74 Å². The van der Waals surface area contributed by atoms with Gasteiger partial charge in [-0.25, -0.2) is 0 Å². The molecular weight excluding hydrogens is 212 g/mol. The van der Waals surface area contributed by atoms with Gasteiger partial charge in [-0.1, -0.05) is 0 Å². The van der Waals surface area contributed by atoms with Gasteiger partial charge in [0.1, 0.15) is 6.10 Å². The molecule has 0 aliphatic heterocycles. The summed E-state index contributed by atoms with van der Waals surface area (Å²) in [5, 5.41) is 1.85. The van der Waals surface area contributed by atoms with Crippen molar-refractivity contribution in [3.05, 3.63) is 21.9 Å². The predicted octanol–water partition coefficient (Wildman–Crippen LogP) is 2.23. The number of ketones is 2. The summed E-state index contributed by atoms with van der Waals surface area (Å²) in [6, 6.07) is 1.88. The minimum absolute atomic E-state index is 0.0731. The van der Waals surface area contributed by atoms with Crippen molar-refractivity contribution < 1.29 is 14.3 Å². The first-order chi connectivity index (χ1) is 7.06. The van der Waals surface area contributed by atoms with Crippen LogP contribution in [-0.2, 0) is 9.53 Å². The minimum Gasteiger partial charge on any atom is -0.374 e. The molecule has 0 aromatic carbocycles. The fraction of sp³-hybridized carbons (Fsp3) is 0.455. The number of ether oxygens (including phenoxy) is 1. The molecule has 1 heterocycles. The Morgan fingerprint density at radius 1 is 1.53 bits per heavy atom. The van der Waals surface area contributed by atoms with Crippen LogP contribution in [-0.4, -0.2) is 24.8 Å². The Kier molecular flexibility index (Phi) is 4.17. The Morgan fingerprint density at radius 3 is 2.67 bits per heavy atom. The van der Waals surface area contributed by atoms with Gasteiger partial charge in [0, 0.05) is 7.11 Å². The van der Waals surface area contributed by atoms with Crippen molar-refractivity contribution in [2.45, 2.75) is 26.4 Å². The highest BCUT2D eigenvalue weighted by atomic mass is 32.1. The van der Waals surface area contributed by atoms with Crippen LogP contribution >= 0.6 is 11.3 Å². The standard InChI is InChI=1S/C11H14O3S/c1-7-4-5-15-11(7)10(13)6-9(12)8(2)14-3/h4-5,8H,6H2,1-3H3. The zero-order chi connectivity index (χ0) is 11.4. The largest absolute Gasteiger partial charge is 0.374 e. The van der Waals surface area contributed by atoms with Crippen LogP contribution < -0.4 is 0 Å². The van der Waals surface area contributed by atoms with Crippen LogP contribution in [0.3, 0.4) is 0 Å². The molecule has 0 bridgehead atoms. The highest BCUT2D eigenvalue weighted by molar-refractivity contribution is 7.12. The molecule has 0 N–H and O–H groups in total. The number of rotatable bonds is 5.